The summed E-state index contributed by atoms with van der Waals surface area (Å²) in [6.45, 7) is 7.86. The van der Waals surface area contributed by atoms with Crippen LogP contribution in [-0.2, 0) is 0 Å². The molecular weight excluding hydrogens is 246 g/mol. The van der Waals surface area contributed by atoms with Crippen molar-refractivity contribution in [2.45, 2.75) is 33.2 Å². The second-order valence-electron chi connectivity index (χ2n) is 4.49. The molecule has 0 saturated carbocycles. The molecule has 0 bridgehead atoms. The molecule has 1 aromatic rings. The highest BCUT2D eigenvalue weighted by Gasteiger charge is 2.04. The van der Waals surface area contributed by atoms with Gasteiger partial charge < -0.3 is 10.1 Å². The number of benzene rings is 1. The Morgan fingerprint density at radius 3 is 2.61 bits per heavy atom. The molecule has 1 aromatic carbocycles. The number of rotatable bonds is 7. The lowest BCUT2D eigenvalue weighted by molar-refractivity contribution is 0.352. The van der Waals surface area contributed by atoms with Gasteiger partial charge in [0.25, 0.3) is 0 Å². The van der Waals surface area contributed by atoms with E-state index >= 15 is 0 Å². The van der Waals surface area contributed by atoms with Crippen molar-refractivity contribution in [2.75, 3.05) is 13.2 Å². The molecule has 1 N–H and O–H groups in total. The van der Waals surface area contributed by atoms with E-state index in [2.05, 4.69) is 31.3 Å². The predicted molar refractivity (Wildman–Crippen MR) is 78.3 cm³/mol. The summed E-state index contributed by atoms with van der Waals surface area (Å²) in [6, 6.07) is 8.58. The highest BCUT2D eigenvalue weighted by atomic mass is 35.5. The Morgan fingerprint density at radius 2 is 2.06 bits per heavy atom. The van der Waals surface area contributed by atoms with Crippen molar-refractivity contribution in [3.05, 3.63) is 40.9 Å². The normalized spacial score (nSPS) is 13.4. The first kappa shape index (κ1) is 15.1. The van der Waals surface area contributed by atoms with E-state index in [9.17, 15) is 0 Å². The molecule has 0 radical (unpaired) electrons. The maximum Gasteiger partial charge on any atom is 0.119 e. The van der Waals surface area contributed by atoms with Gasteiger partial charge in [0, 0.05) is 11.6 Å². The summed E-state index contributed by atoms with van der Waals surface area (Å²) < 4.78 is 5.60. The van der Waals surface area contributed by atoms with Crippen molar-refractivity contribution in [3.63, 3.8) is 0 Å². The zero-order valence-electron chi connectivity index (χ0n) is 11.4. The second-order valence-corrected chi connectivity index (χ2v) is 4.71. The fraction of sp³-hybridized carbons (Fsp3) is 0.467. The zero-order valence-corrected chi connectivity index (χ0v) is 12.1. The van der Waals surface area contributed by atoms with Crippen LogP contribution in [0.15, 0.2) is 35.4 Å². The van der Waals surface area contributed by atoms with E-state index in [1.54, 1.807) is 5.54 Å². The molecule has 0 saturated heterocycles. The van der Waals surface area contributed by atoms with Gasteiger partial charge in [0.2, 0.25) is 0 Å². The van der Waals surface area contributed by atoms with Gasteiger partial charge in [-0.3, -0.25) is 0 Å². The van der Waals surface area contributed by atoms with Gasteiger partial charge in [-0.05, 0) is 50.1 Å². The molecule has 0 heterocycles. The fourth-order valence-electron chi connectivity index (χ4n) is 1.56. The Hall–Kier alpha value is -0.990. The number of nitrogens with one attached hydrogen (secondary N) is 1. The Bertz CT molecular complexity index is 373. The summed E-state index contributed by atoms with van der Waals surface area (Å²) in [5.74, 6) is 0.874. The molecule has 1 unspecified atom stereocenters. The molecule has 1 rings (SSSR count). The minimum absolute atomic E-state index is 0.378. The molecular formula is C15H22ClNO. The molecule has 100 valence electrons. The maximum absolute atomic E-state index is 5.60. The van der Waals surface area contributed by atoms with E-state index in [-0.39, 0.29) is 0 Å². The summed E-state index contributed by atoms with van der Waals surface area (Å²) in [5.41, 5.74) is 3.84. The minimum Gasteiger partial charge on any atom is -0.489 e. The summed E-state index contributed by atoms with van der Waals surface area (Å²) in [4.78, 5) is 0. The molecule has 0 aliphatic carbocycles. The van der Waals surface area contributed by atoms with Crippen LogP contribution in [-0.4, -0.2) is 13.2 Å². The van der Waals surface area contributed by atoms with Crippen LogP contribution in [0.4, 0.5) is 0 Å². The van der Waals surface area contributed by atoms with Crippen molar-refractivity contribution in [1.29, 1.82) is 0 Å². The Labute approximate surface area is 115 Å². The molecule has 2 nitrogen and oxygen atoms in total. The highest BCUT2D eigenvalue weighted by Crippen LogP contribution is 2.18. The average molecular weight is 268 g/mol. The van der Waals surface area contributed by atoms with Gasteiger partial charge in [0.05, 0.1) is 0 Å². The monoisotopic (exact) mass is 267 g/mol. The molecule has 1 atom stereocenters. The summed E-state index contributed by atoms with van der Waals surface area (Å²) in [7, 11) is 0. The van der Waals surface area contributed by atoms with Crippen LogP contribution < -0.4 is 10.1 Å². The van der Waals surface area contributed by atoms with Crippen molar-refractivity contribution in [3.8, 4) is 5.75 Å². The third kappa shape index (κ3) is 5.11. The molecule has 3 heteroatoms. The first-order chi connectivity index (χ1) is 8.67. The minimum atomic E-state index is 0.378. The lowest BCUT2D eigenvalue weighted by atomic mass is 10.1. The largest absolute Gasteiger partial charge is 0.489 e. The number of halogens is 1. The number of ether oxygens (including phenoxy) is 1. The van der Waals surface area contributed by atoms with E-state index in [4.69, 9.17) is 16.3 Å². The summed E-state index contributed by atoms with van der Waals surface area (Å²) in [6.07, 6.45) is 1.15. The second kappa shape index (κ2) is 8.17. The highest BCUT2D eigenvalue weighted by molar-refractivity contribution is 6.25. The molecule has 0 aliphatic rings. The fourth-order valence-corrected chi connectivity index (χ4v) is 1.62. The third-order valence-corrected chi connectivity index (χ3v) is 3.11. The number of hydrogen-bond donors (Lipinski definition) is 1. The van der Waals surface area contributed by atoms with Crippen molar-refractivity contribution >= 4 is 11.6 Å². The summed E-state index contributed by atoms with van der Waals surface area (Å²) in [5, 5.41) is 3.46. The molecule has 18 heavy (non-hydrogen) atoms. The van der Waals surface area contributed by atoms with Gasteiger partial charge in [-0.15, -0.1) is 0 Å². The van der Waals surface area contributed by atoms with Crippen LogP contribution >= 0.6 is 11.6 Å². The third-order valence-electron chi connectivity index (χ3n) is 2.73. The van der Waals surface area contributed by atoms with Crippen LogP contribution in [0, 0.1) is 0 Å². The Kier molecular flexibility index (Phi) is 6.84. The van der Waals surface area contributed by atoms with Gasteiger partial charge >= 0.3 is 0 Å². The van der Waals surface area contributed by atoms with Crippen LogP contribution in [0.1, 0.15) is 38.8 Å². The standard InChI is InChI=1S/C15H22ClNO/c1-4-9-17-13(3)14-5-7-15(8-6-14)18-11-12(2)10-16/h5-8,10,13,17H,4,9,11H2,1-3H3/b12-10+. The SMILES string of the molecule is CCCNC(C)c1ccc(OC/C(C)=C/Cl)cc1. The molecule has 0 aliphatic heterocycles. The predicted octanol–water partition coefficient (Wildman–Crippen LogP) is 4.27. The number of hydrogen-bond acceptors (Lipinski definition) is 2. The van der Waals surface area contributed by atoms with Gasteiger partial charge in [0.15, 0.2) is 0 Å². The van der Waals surface area contributed by atoms with Gasteiger partial charge in [-0.1, -0.05) is 30.7 Å². The van der Waals surface area contributed by atoms with Gasteiger partial charge in [0.1, 0.15) is 12.4 Å². The molecule has 0 fully saturated rings. The topological polar surface area (TPSA) is 21.3 Å². The average Bonchev–Trinajstić information content (AvgIpc) is 2.42. The van der Waals surface area contributed by atoms with Gasteiger partial charge in [-0.2, -0.15) is 0 Å². The van der Waals surface area contributed by atoms with Crippen molar-refractivity contribution in [2.24, 2.45) is 0 Å². The van der Waals surface area contributed by atoms with E-state index in [0.717, 1.165) is 24.3 Å². The zero-order chi connectivity index (χ0) is 13.4. The lowest BCUT2D eigenvalue weighted by Gasteiger charge is -2.14. The maximum atomic E-state index is 5.60. The Morgan fingerprint density at radius 1 is 1.39 bits per heavy atom. The van der Waals surface area contributed by atoms with Crippen LogP contribution in [0.5, 0.6) is 5.75 Å². The van der Waals surface area contributed by atoms with E-state index < -0.39 is 0 Å². The van der Waals surface area contributed by atoms with Crippen molar-refractivity contribution in [1.82, 2.24) is 5.32 Å². The Balaban J connectivity index is 2.51. The quantitative estimate of drug-likeness (QED) is 0.797. The lowest BCUT2D eigenvalue weighted by Crippen LogP contribution is -2.19. The molecule has 0 spiro atoms. The van der Waals surface area contributed by atoms with E-state index in [0.29, 0.717) is 12.6 Å². The smallest absolute Gasteiger partial charge is 0.119 e. The molecule has 0 amide bonds. The van der Waals surface area contributed by atoms with Crippen LogP contribution in [0.2, 0.25) is 0 Å². The first-order valence-electron chi connectivity index (χ1n) is 6.39. The van der Waals surface area contributed by atoms with Crippen LogP contribution in [0.3, 0.4) is 0 Å². The van der Waals surface area contributed by atoms with E-state index in [1.807, 2.05) is 19.1 Å². The molecule has 0 aromatic heterocycles. The first-order valence-corrected chi connectivity index (χ1v) is 6.83. The van der Waals surface area contributed by atoms with Gasteiger partial charge in [-0.25, -0.2) is 0 Å². The summed E-state index contributed by atoms with van der Waals surface area (Å²) >= 11 is 5.58. The van der Waals surface area contributed by atoms with Crippen LogP contribution in [0.25, 0.3) is 0 Å². The van der Waals surface area contributed by atoms with E-state index in [1.165, 1.54) is 5.56 Å². The van der Waals surface area contributed by atoms with Crippen molar-refractivity contribution < 1.29 is 4.74 Å².